The molecule has 1 fully saturated rings. The van der Waals surface area contributed by atoms with Crippen molar-refractivity contribution in [1.82, 2.24) is 16.0 Å². The van der Waals surface area contributed by atoms with Crippen molar-refractivity contribution in [3.05, 3.63) is 0 Å². The highest BCUT2D eigenvalue weighted by Gasteiger charge is 2.25. The lowest BCUT2D eigenvalue weighted by atomic mass is 9.91. The molecular weight excluding hydrogens is 384 g/mol. The second-order valence-electron chi connectivity index (χ2n) is 8.08. The van der Waals surface area contributed by atoms with E-state index in [1.807, 2.05) is 20.8 Å². The van der Waals surface area contributed by atoms with Crippen molar-refractivity contribution >= 4 is 21.9 Å². The van der Waals surface area contributed by atoms with Crippen LogP contribution in [0.25, 0.3) is 0 Å². The fourth-order valence-electron chi connectivity index (χ4n) is 2.80. The maximum absolute atomic E-state index is 11.9. The Bertz CT molecular complexity index is 608. The number of guanidine groups is 1. The van der Waals surface area contributed by atoms with Gasteiger partial charge in [-0.1, -0.05) is 0 Å². The summed E-state index contributed by atoms with van der Waals surface area (Å²) < 4.78 is 32.7. The molecular formula is C18H36N4O5S. The molecule has 10 heteroatoms. The monoisotopic (exact) mass is 420 g/mol. The van der Waals surface area contributed by atoms with Gasteiger partial charge in [-0.2, -0.15) is 0 Å². The van der Waals surface area contributed by atoms with Crippen LogP contribution < -0.4 is 16.0 Å². The van der Waals surface area contributed by atoms with Crippen molar-refractivity contribution < 1.29 is 22.7 Å². The predicted octanol–water partition coefficient (Wildman–Crippen LogP) is 1.05. The van der Waals surface area contributed by atoms with Crippen molar-refractivity contribution in [3.63, 3.8) is 0 Å². The van der Waals surface area contributed by atoms with Crippen LogP contribution in [0.1, 0.15) is 46.5 Å². The Morgan fingerprint density at radius 1 is 1.07 bits per heavy atom. The van der Waals surface area contributed by atoms with E-state index in [1.165, 1.54) is 6.26 Å². The summed E-state index contributed by atoms with van der Waals surface area (Å²) in [4.78, 5) is 16.1. The summed E-state index contributed by atoms with van der Waals surface area (Å²) in [6, 6.07) is 0.417. The molecule has 9 nitrogen and oxygen atoms in total. The molecule has 0 aliphatic heterocycles. The SMILES string of the molecule is CN=C(NCCOCCS(C)(=O)=O)NC1CCC(NC(=O)OC(C)(C)C)CC1. The van der Waals surface area contributed by atoms with E-state index in [1.54, 1.807) is 7.05 Å². The van der Waals surface area contributed by atoms with Gasteiger partial charge in [0.1, 0.15) is 15.4 Å². The standard InChI is InChI=1S/C18H36N4O5S/c1-18(2,3)27-17(23)22-15-8-6-14(7-9-15)21-16(19-4)20-10-11-26-12-13-28(5,24)25/h14-15H,6-13H2,1-5H3,(H,22,23)(H2,19,20,21). The maximum Gasteiger partial charge on any atom is 0.407 e. The first-order valence-electron chi connectivity index (χ1n) is 9.70. The zero-order valence-electron chi connectivity index (χ0n) is 17.7. The number of amides is 1. The van der Waals surface area contributed by atoms with Gasteiger partial charge in [-0.15, -0.1) is 0 Å². The maximum atomic E-state index is 11.9. The van der Waals surface area contributed by atoms with Crippen LogP contribution >= 0.6 is 0 Å². The average molecular weight is 421 g/mol. The van der Waals surface area contributed by atoms with Gasteiger partial charge < -0.3 is 25.4 Å². The van der Waals surface area contributed by atoms with Gasteiger partial charge in [-0.05, 0) is 46.5 Å². The van der Waals surface area contributed by atoms with Crippen LogP contribution in [0.4, 0.5) is 4.79 Å². The second-order valence-corrected chi connectivity index (χ2v) is 10.3. The summed E-state index contributed by atoms with van der Waals surface area (Å²) in [6.45, 7) is 6.69. The summed E-state index contributed by atoms with van der Waals surface area (Å²) >= 11 is 0. The van der Waals surface area contributed by atoms with Crippen LogP contribution in [-0.2, 0) is 19.3 Å². The first-order chi connectivity index (χ1) is 13.0. The summed E-state index contributed by atoms with van der Waals surface area (Å²) in [7, 11) is -1.28. The Kier molecular flexibility index (Phi) is 10.0. The predicted molar refractivity (Wildman–Crippen MR) is 110 cm³/mol. The molecule has 1 aliphatic carbocycles. The Balaban J connectivity index is 2.21. The average Bonchev–Trinajstić information content (AvgIpc) is 2.55. The molecule has 28 heavy (non-hydrogen) atoms. The number of ether oxygens (including phenoxy) is 2. The Hall–Kier alpha value is -1.55. The second kappa shape index (κ2) is 11.5. The molecule has 1 rings (SSSR count). The van der Waals surface area contributed by atoms with Crippen LogP contribution in [0.2, 0.25) is 0 Å². The molecule has 0 atom stereocenters. The quantitative estimate of drug-likeness (QED) is 0.305. The molecule has 1 amide bonds. The van der Waals surface area contributed by atoms with Gasteiger partial charge in [0, 0.05) is 31.9 Å². The minimum Gasteiger partial charge on any atom is -0.444 e. The number of carbonyl (C=O) groups excluding carboxylic acids is 1. The molecule has 0 unspecified atom stereocenters. The lowest BCUT2D eigenvalue weighted by Gasteiger charge is -2.31. The fraction of sp³-hybridized carbons (Fsp3) is 0.889. The van der Waals surface area contributed by atoms with E-state index in [4.69, 9.17) is 9.47 Å². The molecule has 0 radical (unpaired) electrons. The first-order valence-corrected chi connectivity index (χ1v) is 11.8. The van der Waals surface area contributed by atoms with Crippen molar-refractivity contribution in [2.75, 3.05) is 38.8 Å². The molecule has 0 heterocycles. The highest BCUT2D eigenvalue weighted by atomic mass is 32.2. The van der Waals surface area contributed by atoms with Gasteiger partial charge in [-0.3, -0.25) is 4.99 Å². The van der Waals surface area contributed by atoms with E-state index < -0.39 is 15.4 Å². The van der Waals surface area contributed by atoms with E-state index in [0.29, 0.717) is 19.1 Å². The van der Waals surface area contributed by atoms with Crippen LogP contribution in [0.15, 0.2) is 4.99 Å². The molecule has 1 aliphatic rings. The smallest absolute Gasteiger partial charge is 0.407 e. The van der Waals surface area contributed by atoms with Crippen LogP contribution in [0.3, 0.4) is 0 Å². The lowest BCUT2D eigenvalue weighted by molar-refractivity contribution is 0.0490. The Morgan fingerprint density at radius 3 is 2.14 bits per heavy atom. The Labute approximate surface area is 168 Å². The zero-order chi connectivity index (χ0) is 21.2. The normalized spacial score (nSPS) is 21.1. The van der Waals surface area contributed by atoms with E-state index in [0.717, 1.165) is 25.7 Å². The first kappa shape index (κ1) is 24.5. The molecule has 0 aromatic carbocycles. The van der Waals surface area contributed by atoms with Gasteiger partial charge in [0.25, 0.3) is 0 Å². The number of nitrogens with one attached hydrogen (secondary N) is 3. The molecule has 164 valence electrons. The third-order valence-corrected chi connectivity index (χ3v) is 5.06. The van der Waals surface area contributed by atoms with Gasteiger partial charge >= 0.3 is 6.09 Å². The van der Waals surface area contributed by atoms with Gasteiger partial charge in [0.2, 0.25) is 0 Å². The number of nitrogens with zero attached hydrogens (tertiary/aromatic N) is 1. The number of alkyl carbamates (subject to hydrolysis) is 1. The van der Waals surface area contributed by atoms with Gasteiger partial charge in [0.05, 0.1) is 19.0 Å². The summed E-state index contributed by atoms with van der Waals surface area (Å²) in [6.07, 6.45) is 4.43. The highest BCUT2D eigenvalue weighted by Crippen LogP contribution is 2.19. The third kappa shape index (κ3) is 12.0. The number of rotatable bonds is 8. The summed E-state index contributed by atoms with van der Waals surface area (Å²) in [5, 5.41) is 9.47. The molecule has 0 bridgehead atoms. The van der Waals surface area contributed by atoms with E-state index in [9.17, 15) is 13.2 Å². The van der Waals surface area contributed by atoms with E-state index >= 15 is 0 Å². The molecule has 0 aromatic rings. The van der Waals surface area contributed by atoms with Crippen molar-refractivity contribution in [2.45, 2.75) is 64.1 Å². The van der Waals surface area contributed by atoms with E-state index in [-0.39, 0.29) is 30.5 Å². The lowest BCUT2D eigenvalue weighted by Crippen LogP contribution is -2.48. The van der Waals surface area contributed by atoms with Gasteiger partial charge in [0.15, 0.2) is 5.96 Å². The molecule has 0 aromatic heterocycles. The number of hydrogen-bond acceptors (Lipinski definition) is 6. The fourth-order valence-corrected chi connectivity index (χ4v) is 3.22. The van der Waals surface area contributed by atoms with Crippen LogP contribution in [-0.4, -0.2) is 77.0 Å². The topological polar surface area (TPSA) is 118 Å². The van der Waals surface area contributed by atoms with Gasteiger partial charge in [-0.25, -0.2) is 13.2 Å². The summed E-state index contributed by atoms with van der Waals surface area (Å²) in [5.41, 5.74) is -0.491. The minimum absolute atomic E-state index is 0.0283. The highest BCUT2D eigenvalue weighted by molar-refractivity contribution is 7.90. The molecule has 0 spiro atoms. The molecule has 1 saturated carbocycles. The number of aliphatic imine (C=N–C) groups is 1. The van der Waals surface area contributed by atoms with Crippen molar-refractivity contribution in [3.8, 4) is 0 Å². The third-order valence-electron chi connectivity index (χ3n) is 4.15. The van der Waals surface area contributed by atoms with Crippen LogP contribution in [0.5, 0.6) is 0 Å². The summed E-state index contributed by atoms with van der Waals surface area (Å²) in [5.74, 6) is 0.718. The number of sulfone groups is 1. The number of hydrogen-bond donors (Lipinski definition) is 3. The largest absolute Gasteiger partial charge is 0.444 e. The minimum atomic E-state index is -2.99. The van der Waals surface area contributed by atoms with Crippen molar-refractivity contribution in [1.29, 1.82) is 0 Å². The van der Waals surface area contributed by atoms with Crippen molar-refractivity contribution in [2.24, 2.45) is 4.99 Å². The number of carbonyl (C=O) groups is 1. The zero-order valence-corrected chi connectivity index (χ0v) is 18.5. The molecule has 0 saturated heterocycles. The van der Waals surface area contributed by atoms with E-state index in [2.05, 4.69) is 20.9 Å². The Morgan fingerprint density at radius 2 is 1.64 bits per heavy atom. The van der Waals surface area contributed by atoms with Crippen LogP contribution in [0, 0.1) is 0 Å². The molecule has 3 N–H and O–H groups in total.